The van der Waals surface area contributed by atoms with Crippen LogP contribution >= 0.6 is 0 Å². The van der Waals surface area contributed by atoms with Crippen LogP contribution in [0.5, 0.6) is 11.8 Å². The monoisotopic (exact) mass is 458 g/mol. The molecule has 1 unspecified atom stereocenters. The van der Waals surface area contributed by atoms with E-state index in [0.717, 1.165) is 16.3 Å². The van der Waals surface area contributed by atoms with Gasteiger partial charge in [0.05, 0.1) is 11.1 Å². The van der Waals surface area contributed by atoms with Crippen molar-refractivity contribution >= 4 is 23.4 Å². The van der Waals surface area contributed by atoms with Gasteiger partial charge < -0.3 is 10.1 Å². The normalized spacial score (nSPS) is 13.7. The molecular formula is C26H26N4O4. The first kappa shape index (κ1) is 23.1. The number of amides is 3. The van der Waals surface area contributed by atoms with Gasteiger partial charge in [0.25, 0.3) is 11.8 Å². The first-order valence-electron chi connectivity index (χ1n) is 11.1. The van der Waals surface area contributed by atoms with Crippen LogP contribution in [-0.2, 0) is 4.79 Å². The van der Waals surface area contributed by atoms with E-state index < -0.39 is 23.8 Å². The molecule has 8 nitrogen and oxygen atoms in total. The van der Waals surface area contributed by atoms with Crippen LogP contribution in [0.1, 0.15) is 52.4 Å². The van der Waals surface area contributed by atoms with Gasteiger partial charge in [-0.3, -0.25) is 19.3 Å². The summed E-state index contributed by atoms with van der Waals surface area (Å²) >= 11 is 0. The van der Waals surface area contributed by atoms with Crippen LogP contribution in [0.4, 0.5) is 5.69 Å². The number of benzene rings is 2. The van der Waals surface area contributed by atoms with E-state index in [1.54, 1.807) is 48.5 Å². The number of imide groups is 1. The lowest BCUT2D eigenvalue weighted by Gasteiger charge is -2.26. The highest BCUT2D eigenvalue weighted by atomic mass is 16.5. The molecule has 1 N–H and O–H groups in total. The second-order valence-electron chi connectivity index (χ2n) is 8.72. The van der Waals surface area contributed by atoms with Crippen molar-refractivity contribution in [1.29, 1.82) is 0 Å². The molecule has 1 aliphatic rings. The Morgan fingerprint density at radius 2 is 1.56 bits per heavy atom. The summed E-state index contributed by atoms with van der Waals surface area (Å²) in [6.07, 6.45) is 0.337. The summed E-state index contributed by atoms with van der Waals surface area (Å²) in [4.78, 5) is 48.9. The fourth-order valence-corrected chi connectivity index (χ4v) is 3.97. The molecule has 8 heteroatoms. The number of fused-ring (bicyclic) bond motifs is 1. The van der Waals surface area contributed by atoms with E-state index in [1.165, 1.54) is 0 Å². The molecule has 0 radical (unpaired) electrons. The van der Waals surface area contributed by atoms with E-state index in [9.17, 15) is 14.4 Å². The van der Waals surface area contributed by atoms with Crippen molar-refractivity contribution in [2.24, 2.45) is 5.92 Å². The quantitative estimate of drug-likeness (QED) is 0.522. The number of carbonyl (C=O) groups excluding carboxylic acids is 3. The zero-order valence-corrected chi connectivity index (χ0v) is 19.5. The van der Waals surface area contributed by atoms with Gasteiger partial charge in [0.15, 0.2) is 0 Å². The number of nitrogens with zero attached hydrogens (tertiary/aromatic N) is 3. The molecule has 3 aromatic rings. The second-order valence-corrected chi connectivity index (χ2v) is 8.72. The third kappa shape index (κ3) is 4.80. The van der Waals surface area contributed by atoms with Crippen molar-refractivity contribution in [3.05, 3.63) is 77.1 Å². The largest absolute Gasteiger partial charge is 0.424 e. The highest BCUT2D eigenvalue weighted by Crippen LogP contribution is 2.28. The van der Waals surface area contributed by atoms with Gasteiger partial charge in [-0.25, -0.2) is 9.97 Å². The Bertz CT molecular complexity index is 1220. The van der Waals surface area contributed by atoms with E-state index in [4.69, 9.17) is 4.74 Å². The lowest BCUT2D eigenvalue weighted by atomic mass is 10.0. The van der Waals surface area contributed by atoms with Crippen molar-refractivity contribution in [3.63, 3.8) is 0 Å². The Morgan fingerprint density at radius 1 is 0.941 bits per heavy atom. The Labute approximate surface area is 198 Å². The number of nitrogens with one attached hydrogen (secondary N) is 1. The summed E-state index contributed by atoms with van der Waals surface area (Å²) in [5, 5.41) is 2.84. The average Bonchev–Trinajstić information content (AvgIpc) is 3.02. The number of hydrogen-bond donors (Lipinski definition) is 1. The molecule has 0 aliphatic carbocycles. The predicted octanol–water partition coefficient (Wildman–Crippen LogP) is 4.54. The standard InChI is InChI=1S/C26H26N4O4/c1-15(2)12-22(30-24(32)20-10-5-6-11-21(20)25(30)33)23(31)29-18-8-7-9-19(14-18)34-26-27-16(3)13-17(4)28-26/h5-11,13-15,22H,12H2,1-4H3,(H,29,31). The van der Waals surface area contributed by atoms with Crippen molar-refractivity contribution < 1.29 is 19.1 Å². The molecule has 1 atom stereocenters. The van der Waals surface area contributed by atoms with Gasteiger partial charge in [-0.05, 0) is 56.5 Å². The molecule has 3 amide bonds. The minimum Gasteiger partial charge on any atom is -0.424 e. The number of carbonyl (C=O) groups is 3. The van der Waals surface area contributed by atoms with E-state index in [1.807, 2.05) is 33.8 Å². The zero-order chi connectivity index (χ0) is 24.4. The topological polar surface area (TPSA) is 101 Å². The third-order valence-corrected chi connectivity index (χ3v) is 5.41. The highest BCUT2D eigenvalue weighted by Gasteiger charge is 2.42. The molecule has 0 fully saturated rings. The minimum atomic E-state index is -0.945. The lowest BCUT2D eigenvalue weighted by Crippen LogP contribution is -2.47. The van der Waals surface area contributed by atoms with Crippen LogP contribution in [0, 0.1) is 19.8 Å². The first-order chi connectivity index (χ1) is 16.2. The fourth-order valence-electron chi connectivity index (χ4n) is 3.97. The van der Waals surface area contributed by atoms with Crippen molar-refractivity contribution in [3.8, 4) is 11.8 Å². The average molecular weight is 459 g/mol. The Morgan fingerprint density at radius 3 is 2.15 bits per heavy atom. The van der Waals surface area contributed by atoms with Gasteiger partial charge in [-0.2, -0.15) is 0 Å². The molecule has 0 saturated heterocycles. The van der Waals surface area contributed by atoms with Gasteiger partial charge >= 0.3 is 6.01 Å². The lowest BCUT2D eigenvalue weighted by molar-refractivity contribution is -0.120. The number of aryl methyl sites for hydroxylation is 2. The molecule has 2 aromatic carbocycles. The van der Waals surface area contributed by atoms with Gasteiger partial charge in [-0.15, -0.1) is 0 Å². The van der Waals surface area contributed by atoms with E-state index in [-0.39, 0.29) is 11.9 Å². The summed E-state index contributed by atoms with van der Waals surface area (Å²) < 4.78 is 5.77. The number of rotatable bonds is 7. The highest BCUT2D eigenvalue weighted by molar-refractivity contribution is 6.23. The molecule has 1 aromatic heterocycles. The van der Waals surface area contributed by atoms with Crippen molar-refractivity contribution in [2.75, 3.05) is 5.32 Å². The van der Waals surface area contributed by atoms with Crippen LogP contribution in [0.3, 0.4) is 0 Å². The van der Waals surface area contributed by atoms with E-state index in [0.29, 0.717) is 29.0 Å². The molecule has 0 bridgehead atoms. The van der Waals surface area contributed by atoms with Crippen LogP contribution in [0.2, 0.25) is 0 Å². The van der Waals surface area contributed by atoms with Gasteiger partial charge in [0.1, 0.15) is 11.8 Å². The molecule has 1 aliphatic heterocycles. The maximum atomic E-state index is 13.3. The van der Waals surface area contributed by atoms with Gasteiger partial charge in [-0.1, -0.05) is 32.0 Å². The summed E-state index contributed by atoms with van der Waals surface area (Å²) in [6, 6.07) is 14.6. The number of ether oxygens (including phenoxy) is 1. The molecular weight excluding hydrogens is 432 g/mol. The number of anilines is 1. The van der Waals surface area contributed by atoms with Gasteiger partial charge in [0.2, 0.25) is 5.91 Å². The Balaban J connectivity index is 1.55. The number of aromatic nitrogens is 2. The third-order valence-electron chi connectivity index (χ3n) is 5.41. The van der Waals surface area contributed by atoms with Gasteiger partial charge in [0, 0.05) is 23.1 Å². The zero-order valence-electron chi connectivity index (χ0n) is 19.5. The van der Waals surface area contributed by atoms with Crippen molar-refractivity contribution in [1.82, 2.24) is 14.9 Å². The maximum absolute atomic E-state index is 13.3. The minimum absolute atomic E-state index is 0.0800. The Kier molecular flexibility index (Phi) is 6.40. The van der Waals surface area contributed by atoms with Crippen LogP contribution in [0.25, 0.3) is 0 Å². The maximum Gasteiger partial charge on any atom is 0.322 e. The number of hydrogen-bond acceptors (Lipinski definition) is 6. The molecule has 4 rings (SSSR count). The molecule has 0 saturated carbocycles. The molecule has 0 spiro atoms. The second kappa shape index (κ2) is 9.43. The van der Waals surface area contributed by atoms with E-state index in [2.05, 4.69) is 15.3 Å². The predicted molar refractivity (Wildman–Crippen MR) is 127 cm³/mol. The fraction of sp³-hybridized carbons (Fsp3) is 0.269. The summed E-state index contributed by atoms with van der Waals surface area (Å²) in [7, 11) is 0. The SMILES string of the molecule is Cc1cc(C)nc(Oc2cccc(NC(=O)C(CC(C)C)N3C(=O)c4ccccc4C3=O)c2)n1. The molecule has 34 heavy (non-hydrogen) atoms. The summed E-state index contributed by atoms with van der Waals surface area (Å²) in [6.45, 7) is 7.59. The molecule has 174 valence electrons. The summed E-state index contributed by atoms with van der Waals surface area (Å²) in [5.41, 5.74) is 2.67. The van der Waals surface area contributed by atoms with Crippen LogP contribution < -0.4 is 10.1 Å². The van der Waals surface area contributed by atoms with Crippen LogP contribution in [0.15, 0.2) is 54.6 Å². The smallest absolute Gasteiger partial charge is 0.322 e. The van der Waals surface area contributed by atoms with Crippen molar-refractivity contribution in [2.45, 2.75) is 40.2 Å². The molecule has 2 heterocycles. The first-order valence-corrected chi connectivity index (χ1v) is 11.1. The summed E-state index contributed by atoms with van der Waals surface area (Å²) in [5.74, 6) is -0.820. The Hall–Kier alpha value is -4.07. The van der Waals surface area contributed by atoms with Crippen LogP contribution in [-0.4, -0.2) is 38.6 Å². The van der Waals surface area contributed by atoms with E-state index >= 15 is 0 Å².